The highest BCUT2D eigenvalue weighted by Crippen LogP contribution is 2.10. The van der Waals surface area contributed by atoms with Crippen LogP contribution < -0.4 is 5.32 Å². The van der Waals surface area contributed by atoms with Gasteiger partial charge in [0.05, 0.1) is 6.10 Å². The van der Waals surface area contributed by atoms with Crippen LogP contribution in [0.4, 0.5) is 0 Å². The molecule has 1 heterocycles. The van der Waals surface area contributed by atoms with E-state index >= 15 is 0 Å². The molecule has 1 aliphatic rings. The summed E-state index contributed by atoms with van der Waals surface area (Å²) in [5.41, 5.74) is 0. The maximum atomic E-state index is 9.29. The first-order chi connectivity index (χ1) is 6.22. The SMILES string of the molecule is CNC1CCCCN(CC(C)O)C1. The molecular weight excluding hydrogens is 164 g/mol. The Morgan fingerprint density at radius 2 is 2.31 bits per heavy atom. The molecule has 3 nitrogen and oxygen atoms in total. The Morgan fingerprint density at radius 1 is 1.54 bits per heavy atom. The van der Waals surface area contributed by atoms with Crippen LogP contribution in [-0.4, -0.2) is 48.8 Å². The zero-order valence-corrected chi connectivity index (χ0v) is 8.79. The van der Waals surface area contributed by atoms with Crippen LogP contribution in [0.3, 0.4) is 0 Å². The van der Waals surface area contributed by atoms with Crippen molar-refractivity contribution in [3.8, 4) is 0 Å². The molecule has 0 aromatic heterocycles. The number of aliphatic hydroxyl groups is 1. The molecule has 78 valence electrons. The summed E-state index contributed by atoms with van der Waals surface area (Å²) in [5.74, 6) is 0. The normalized spacial score (nSPS) is 28.4. The molecular formula is C10H22N2O. The fraction of sp³-hybridized carbons (Fsp3) is 1.00. The standard InChI is InChI=1S/C10H22N2O/c1-9(13)7-12-6-4-3-5-10(8-12)11-2/h9-11,13H,3-8H2,1-2H3. The molecule has 13 heavy (non-hydrogen) atoms. The minimum atomic E-state index is -0.199. The van der Waals surface area contributed by atoms with Crippen molar-refractivity contribution in [1.29, 1.82) is 0 Å². The van der Waals surface area contributed by atoms with E-state index in [1.54, 1.807) is 0 Å². The van der Waals surface area contributed by atoms with E-state index in [0.29, 0.717) is 6.04 Å². The second-order valence-corrected chi connectivity index (χ2v) is 4.09. The highest BCUT2D eigenvalue weighted by Gasteiger charge is 2.17. The Balaban J connectivity index is 2.35. The third kappa shape index (κ3) is 4.07. The summed E-state index contributed by atoms with van der Waals surface area (Å²) in [4.78, 5) is 2.36. The Morgan fingerprint density at radius 3 is 2.92 bits per heavy atom. The predicted molar refractivity (Wildman–Crippen MR) is 54.8 cm³/mol. The van der Waals surface area contributed by atoms with Gasteiger partial charge < -0.3 is 10.4 Å². The number of likely N-dealkylation sites (tertiary alicyclic amines) is 1. The van der Waals surface area contributed by atoms with Crippen LogP contribution >= 0.6 is 0 Å². The lowest BCUT2D eigenvalue weighted by molar-refractivity contribution is 0.124. The smallest absolute Gasteiger partial charge is 0.0639 e. The molecule has 0 spiro atoms. The second kappa shape index (κ2) is 5.58. The molecule has 0 aliphatic carbocycles. The van der Waals surface area contributed by atoms with E-state index in [2.05, 4.69) is 10.2 Å². The lowest BCUT2D eigenvalue weighted by Crippen LogP contribution is -2.40. The van der Waals surface area contributed by atoms with Crippen LogP contribution in [0.5, 0.6) is 0 Å². The quantitative estimate of drug-likeness (QED) is 0.671. The number of rotatable bonds is 3. The Labute approximate surface area is 81.1 Å². The number of likely N-dealkylation sites (N-methyl/N-ethyl adjacent to an activating group) is 1. The number of nitrogens with one attached hydrogen (secondary N) is 1. The van der Waals surface area contributed by atoms with Crippen molar-refractivity contribution in [2.45, 2.75) is 38.3 Å². The average Bonchev–Trinajstić information content (AvgIpc) is 2.28. The van der Waals surface area contributed by atoms with Gasteiger partial charge in [0.15, 0.2) is 0 Å². The minimum absolute atomic E-state index is 0.199. The van der Waals surface area contributed by atoms with Crippen molar-refractivity contribution in [3.05, 3.63) is 0 Å². The van der Waals surface area contributed by atoms with E-state index in [-0.39, 0.29) is 6.10 Å². The Bertz CT molecular complexity index is 139. The van der Waals surface area contributed by atoms with Crippen molar-refractivity contribution in [1.82, 2.24) is 10.2 Å². The van der Waals surface area contributed by atoms with Crippen LogP contribution in [0.2, 0.25) is 0 Å². The molecule has 2 atom stereocenters. The molecule has 0 amide bonds. The molecule has 0 aromatic carbocycles. The third-order valence-electron chi connectivity index (χ3n) is 2.69. The van der Waals surface area contributed by atoms with E-state index < -0.39 is 0 Å². The van der Waals surface area contributed by atoms with Crippen molar-refractivity contribution in [2.24, 2.45) is 0 Å². The van der Waals surface area contributed by atoms with E-state index in [1.165, 1.54) is 19.3 Å². The molecule has 0 aromatic rings. The zero-order chi connectivity index (χ0) is 9.68. The van der Waals surface area contributed by atoms with Gasteiger partial charge in [-0.25, -0.2) is 0 Å². The largest absolute Gasteiger partial charge is 0.392 e. The lowest BCUT2D eigenvalue weighted by Gasteiger charge is -2.24. The Kier molecular flexibility index (Phi) is 4.70. The first kappa shape index (κ1) is 11.0. The molecule has 1 saturated heterocycles. The van der Waals surface area contributed by atoms with Crippen LogP contribution in [-0.2, 0) is 0 Å². The summed E-state index contributed by atoms with van der Waals surface area (Å²) < 4.78 is 0. The summed E-state index contributed by atoms with van der Waals surface area (Å²) in [6.45, 7) is 4.90. The first-order valence-electron chi connectivity index (χ1n) is 5.30. The fourth-order valence-electron chi connectivity index (χ4n) is 2.00. The highest BCUT2D eigenvalue weighted by atomic mass is 16.3. The Hall–Kier alpha value is -0.120. The van der Waals surface area contributed by atoms with Crippen molar-refractivity contribution < 1.29 is 5.11 Å². The van der Waals surface area contributed by atoms with Gasteiger partial charge in [0.1, 0.15) is 0 Å². The van der Waals surface area contributed by atoms with Crippen molar-refractivity contribution >= 4 is 0 Å². The molecule has 2 N–H and O–H groups in total. The van der Waals surface area contributed by atoms with Gasteiger partial charge >= 0.3 is 0 Å². The number of hydrogen-bond donors (Lipinski definition) is 2. The summed E-state index contributed by atoms with van der Waals surface area (Å²) in [5, 5.41) is 12.6. The van der Waals surface area contributed by atoms with Crippen molar-refractivity contribution in [2.75, 3.05) is 26.7 Å². The highest BCUT2D eigenvalue weighted by molar-refractivity contribution is 4.75. The minimum Gasteiger partial charge on any atom is -0.392 e. The van der Waals surface area contributed by atoms with E-state index in [0.717, 1.165) is 19.6 Å². The molecule has 2 unspecified atom stereocenters. The molecule has 0 saturated carbocycles. The van der Waals surface area contributed by atoms with Crippen LogP contribution in [0.15, 0.2) is 0 Å². The molecule has 1 fully saturated rings. The molecule has 1 rings (SSSR count). The molecule has 0 radical (unpaired) electrons. The third-order valence-corrected chi connectivity index (χ3v) is 2.69. The van der Waals surface area contributed by atoms with Crippen LogP contribution in [0, 0.1) is 0 Å². The second-order valence-electron chi connectivity index (χ2n) is 4.09. The molecule has 0 bridgehead atoms. The number of hydrogen-bond acceptors (Lipinski definition) is 3. The fourth-order valence-corrected chi connectivity index (χ4v) is 2.00. The van der Waals surface area contributed by atoms with Gasteiger partial charge in [-0.1, -0.05) is 6.42 Å². The summed E-state index contributed by atoms with van der Waals surface area (Å²) >= 11 is 0. The number of nitrogens with zero attached hydrogens (tertiary/aromatic N) is 1. The van der Waals surface area contributed by atoms with Gasteiger partial charge in [-0.3, -0.25) is 4.90 Å². The lowest BCUT2D eigenvalue weighted by atomic mass is 10.1. The maximum absolute atomic E-state index is 9.29. The van der Waals surface area contributed by atoms with Gasteiger partial charge in [-0.05, 0) is 33.4 Å². The zero-order valence-electron chi connectivity index (χ0n) is 8.79. The summed E-state index contributed by atoms with van der Waals surface area (Å²) in [6, 6.07) is 0.612. The first-order valence-corrected chi connectivity index (χ1v) is 5.30. The van der Waals surface area contributed by atoms with E-state index in [1.807, 2.05) is 14.0 Å². The molecule has 1 aliphatic heterocycles. The van der Waals surface area contributed by atoms with E-state index in [9.17, 15) is 5.11 Å². The van der Waals surface area contributed by atoms with Gasteiger partial charge in [-0.2, -0.15) is 0 Å². The maximum Gasteiger partial charge on any atom is 0.0639 e. The van der Waals surface area contributed by atoms with Crippen LogP contribution in [0.25, 0.3) is 0 Å². The average molecular weight is 186 g/mol. The van der Waals surface area contributed by atoms with E-state index in [4.69, 9.17) is 0 Å². The van der Waals surface area contributed by atoms with Gasteiger partial charge in [-0.15, -0.1) is 0 Å². The van der Waals surface area contributed by atoms with Crippen molar-refractivity contribution in [3.63, 3.8) is 0 Å². The van der Waals surface area contributed by atoms with Gasteiger partial charge in [0.2, 0.25) is 0 Å². The summed E-state index contributed by atoms with van der Waals surface area (Å²) in [6.07, 6.45) is 3.65. The topological polar surface area (TPSA) is 35.5 Å². The number of β-amino-alcohol motifs (C(OH)–C–C–N with tert-alkyl or cyclic N) is 1. The van der Waals surface area contributed by atoms with Gasteiger partial charge in [0.25, 0.3) is 0 Å². The van der Waals surface area contributed by atoms with Crippen LogP contribution in [0.1, 0.15) is 26.2 Å². The number of aliphatic hydroxyl groups excluding tert-OH is 1. The summed E-state index contributed by atoms with van der Waals surface area (Å²) in [7, 11) is 2.02. The monoisotopic (exact) mass is 186 g/mol. The molecule has 3 heteroatoms. The predicted octanol–water partition coefficient (Wildman–Crippen LogP) is 0.441. The van der Waals surface area contributed by atoms with Gasteiger partial charge in [0, 0.05) is 19.1 Å².